The molecule has 3 aromatic heterocycles. The summed E-state index contributed by atoms with van der Waals surface area (Å²) in [4.78, 5) is 43.0. The highest BCUT2D eigenvalue weighted by Crippen LogP contribution is 2.37. The molecule has 11 nitrogen and oxygen atoms in total. The molecule has 6 rings (SSSR count). The van der Waals surface area contributed by atoms with E-state index in [0.29, 0.717) is 38.4 Å². The molecule has 44 heavy (non-hydrogen) atoms. The van der Waals surface area contributed by atoms with Crippen LogP contribution in [0.2, 0.25) is 5.02 Å². The number of carbonyl (C=O) groups is 1. The molecular weight excluding hydrogens is 611 g/mol. The minimum Gasteiger partial charge on any atom is -0.380 e. The van der Waals surface area contributed by atoms with E-state index in [2.05, 4.69) is 21.5 Å². The monoisotopic (exact) mass is 638 g/mol. The highest BCUT2D eigenvalue weighted by Gasteiger charge is 2.33. The normalized spacial score (nSPS) is 17.5. The molecule has 2 saturated heterocycles. The fourth-order valence-corrected chi connectivity index (χ4v) is 6.77. The maximum Gasteiger partial charge on any atom is 0.355 e. The second-order valence-electron chi connectivity index (χ2n) is 10.8. The van der Waals surface area contributed by atoms with Gasteiger partial charge in [-0.3, -0.25) is 9.78 Å². The maximum atomic E-state index is 15.9. The van der Waals surface area contributed by atoms with E-state index in [4.69, 9.17) is 16.3 Å². The Balaban J connectivity index is 1.67. The number of pyridine rings is 2. The van der Waals surface area contributed by atoms with Crippen molar-refractivity contribution in [1.29, 1.82) is 0 Å². The van der Waals surface area contributed by atoms with E-state index in [1.165, 1.54) is 24.4 Å². The van der Waals surface area contributed by atoms with Gasteiger partial charge in [0.2, 0.25) is 5.91 Å². The van der Waals surface area contributed by atoms with Gasteiger partial charge in [0.05, 0.1) is 34.2 Å². The number of benzene rings is 1. The first-order chi connectivity index (χ1) is 21.0. The third kappa shape index (κ3) is 5.14. The van der Waals surface area contributed by atoms with Gasteiger partial charge in [-0.2, -0.15) is 4.98 Å². The first kappa shape index (κ1) is 29.9. The lowest BCUT2D eigenvalue weighted by atomic mass is 9.95. The molecule has 2 aliphatic rings. The molecule has 1 atom stereocenters. The van der Waals surface area contributed by atoms with Crippen molar-refractivity contribution in [2.24, 2.45) is 0 Å². The predicted octanol–water partition coefficient (Wildman–Crippen LogP) is 3.38. The molecule has 14 heteroatoms. The average molecular weight is 639 g/mol. The van der Waals surface area contributed by atoms with Crippen molar-refractivity contribution < 1.29 is 22.3 Å². The van der Waals surface area contributed by atoms with E-state index in [0.717, 1.165) is 10.8 Å². The van der Waals surface area contributed by atoms with Crippen molar-refractivity contribution in [3.05, 3.63) is 82.1 Å². The van der Waals surface area contributed by atoms with E-state index in [-0.39, 0.29) is 61.7 Å². The first-order valence-electron chi connectivity index (χ1n) is 13.8. The maximum absolute atomic E-state index is 15.9. The quantitative estimate of drug-likeness (QED) is 0.292. The second-order valence-corrected chi connectivity index (χ2v) is 13.2. The van der Waals surface area contributed by atoms with E-state index < -0.39 is 21.3 Å². The van der Waals surface area contributed by atoms with Crippen molar-refractivity contribution in [3.8, 4) is 17.1 Å². The average Bonchev–Trinajstić information content (AvgIpc) is 2.95. The van der Waals surface area contributed by atoms with Crippen molar-refractivity contribution in [2.75, 3.05) is 44.0 Å². The fraction of sp³-hybridized carbons (Fsp3) is 0.300. The molecule has 0 unspecified atom stereocenters. The van der Waals surface area contributed by atoms with Crippen LogP contribution in [0, 0.1) is 5.82 Å². The number of ether oxygens (including phenoxy) is 1. The number of sulfone groups is 1. The number of aromatic nitrogens is 4. The fourth-order valence-electron chi connectivity index (χ4n) is 5.68. The number of carbonyl (C=O) groups excluding carboxylic acids is 1. The zero-order valence-electron chi connectivity index (χ0n) is 23.9. The number of anilines is 1. The third-order valence-electron chi connectivity index (χ3n) is 7.90. The third-order valence-corrected chi connectivity index (χ3v) is 9.33. The summed E-state index contributed by atoms with van der Waals surface area (Å²) < 4.78 is 48.6. The number of para-hydroxylation sites is 1. The minimum atomic E-state index is -3.86. The van der Waals surface area contributed by atoms with Gasteiger partial charge in [-0.25, -0.2) is 27.2 Å². The van der Waals surface area contributed by atoms with Crippen LogP contribution >= 0.6 is 11.6 Å². The molecule has 1 aromatic carbocycles. The van der Waals surface area contributed by atoms with E-state index >= 15 is 4.39 Å². The summed E-state index contributed by atoms with van der Waals surface area (Å²) in [6.45, 7) is 7.02. The van der Waals surface area contributed by atoms with Gasteiger partial charge in [0.25, 0.3) is 0 Å². The van der Waals surface area contributed by atoms with Gasteiger partial charge >= 0.3 is 5.69 Å². The number of rotatable bonds is 6. The van der Waals surface area contributed by atoms with Crippen molar-refractivity contribution in [1.82, 2.24) is 24.4 Å². The summed E-state index contributed by atoms with van der Waals surface area (Å²) in [5.41, 5.74) is -0.339. The molecular formula is C30H28ClFN6O5S. The Morgan fingerprint density at radius 1 is 1.16 bits per heavy atom. The highest BCUT2D eigenvalue weighted by molar-refractivity contribution is 7.90. The number of fused-ring (bicyclic) bond motifs is 1. The number of hydrogen-bond acceptors (Lipinski definition) is 9. The summed E-state index contributed by atoms with van der Waals surface area (Å²) in [5.74, 6) is -1.01. The smallest absolute Gasteiger partial charge is 0.355 e. The molecule has 0 bridgehead atoms. The Kier molecular flexibility index (Phi) is 7.72. The number of hydrogen-bond donors (Lipinski definition) is 0. The summed E-state index contributed by atoms with van der Waals surface area (Å²) in [7, 11) is -3.86. The van der Waals surface area contributed by atoms with Gasteiger partial charge in [-0.1, -0.05) is 30.3 Å². The van der Waals surface area contributed by atoms with E-state index in [1.54, 1.807) is 29.2 Å². The van der Waals surface area contributed by atoms with Crippen molar-refractivity contribution in [3.63, 3.8) is 0 Å². The lowest BCUT2D eigenvalue weighted by molar-refractivity contribution is -0.126. The summed E-state index contributed by atoms with van der Waals surface area (Å²) >= 11 is 6.38. The number of piperazine rings is 1. The molecule has 2 fully saturated rings. The lowest BCUT2D eigenvalue weighted by Crippen LogP contribution is -2.54. The molecule has 0 saturated carbocycles. The zero-order valence-corrected chi connectivity index (χ0v) is 25.5. The Labute approximate surface area is 257 Å². The topological polar surface area (TPSA) is 128 Å². The van der Waals surface area contributed by atoms with Crippen LogP contribution in [0.5, 0.6) is 0 Å². The summed E-state index contributed by atoms with van der Waals surface area (Å²) in [6.07, 6.45) is 3.74. The van der Waals surface area contributed by atoms with Crippen LogP contribution in [-0.2, 0) is 19.4 Å². The van der Waals surface area contributed by atoms with E-state index in [1.807, 2.05) is 11.8 Å². The SMILES string of the molecule is C=CC(=O)N1CCN(c2nc(=O)n(-c3c(C4COC4)cccc3S(C)(=O)=O)c3nc(-c4ncccc4Cl)c(F)cc23)[C@@H](C)C1. The van der Waals surface area contributed by atoms with Gasteiger partial charge in [-0.15, -0.1) is 0 Å². The summed E-state index contributed by atoms with van der Waals surface area (Å²) in [5, 5.41) is 0.314. The van der Waals surface area contributed by atoms with Crippen LogP contribution in [-0.4, -0.2) is 83.9 Å². The van der Waals surface area contributed by atoms with Gasteiger partial charge in [0.15, 0.2) is 21.3 Å². The Bertz CT molecular complexity index is 2000. The second kappa shape index (κ2) is 11.4. The van der Waals surface area contributed by atoms with Gasteiger partial charge in [0, 0.05) is 44.0 Å². The molecule has 228 valence electrons. The molecule has 4 aromatic rings. The largest absolute Gasteiger partial charge is 0.380 e. The van der Waals surface area contributed by atoms with Crippen LogP contribution in [0.15, 0.2) is 64.9 Å². The van der Waals surface area contributed by atoms with Crippen molar-refractivity contribution >= 4 is 44.2 Å². The Morgan fingerprint density at radius 3 is 2.57 bits per heavy atom. The molecule has 1 amide bonds. The molecule has 0 N–H and O–H groups in total. The zero-order chi connectivity index (χ0) is 31.3. The molecule has 0 radical (unpaired) electrons. The number of amides is 1. The molecule has 0 spiro atoms. The Morgan fingerprint density at radius 2 is 1.93 bits per heavy atom. The van der Waals surface area contributed by atoms with Gasteiger partial charge in [-0.05, 0) is 42.8 Å². The number of nitrogens with zero attached hydrogens (tertiary/aromatic N) is 6. The minimum absolute atomic E-state index is 0.0208. The highest BCUT2D eigenvalue weighted by atomic mass is 35.5. The first-order valence-corrected chi connectivity index (χ1v) is 16.1. The van der Waals surface area contributed by atoms with Crippen LogP contribution in [0.3, 0.4) is 0 Å². The standard InChI is InChI=1S/C30H28ClFN6O5S/c1-4-24(39)36-11-12-37(17(2)14-36)28-20-13-22(32)26(25-21(31)8-6-10-33-25)34-29(20)38(30(40)35-28)27-19(18-15-43-16-18)7-5-9-23(27)44(3,41)42/h4-10,13,17-18H,1,11-12,14-16H2,2-3H3/t17-/m0/s1. The van der Waals surface area contributed by atoms with Gasteiger partial charge in [0.1, 0.15) is 17.2 Å². The van der Waals surface area contributed by atoms with Crippen LogP contribution < -0.4 is 10.6 Å². The number of halogens is 2. The van der Waals surface area contributed by atoms with E-state index in [9.17, 15) is 18.0 Å². The molecule has 2 aliphatic heterocycles. The Hall–Kier alpha value is -4.20. The molecule has 5 heterocycles. The summed E-state index contributed by atoms with van der Waals surface area (Å²) in [6, 6.07) is 8.80. The van der Waals surface area contributed by atoms with Crippen molar-refractivity contribution in [2.45, 2.75) is 23.8 Å². The van der Waals surface area contributed by atoms with Gasteiger partial charge < -0.3 is 14.5 Å². The van der Waals surface area contributed by atoms with Crippen LogP contribution in [0.4, 0.5) is 10.2 Å². The van der Waals surface area contributed by atoms with Crippen LogP contribution in [0.25, 0.3) is 28.1 Å². The molecule has 0 aliphatic carbocycles. The van der Waals surface area contributed by atoms with Crippen LogP contribution in [0.1, 0.15) is 18.4 Å². The predicted molar refractivity (Wildman–Crippen MR) is 164 cm³/mol. The lowest BCUT2D eigenvalue weighted by Gasteiger charge is -2.40.